The van der Waals surface area contributed by atoms with E-state index >= 15 is 0 Å². The fourth-order valence-corrected chi connectivity index (χ4v) is 5.36. The molecule has 34 heavy (non-hydrogen) atoms. The van der Waals surface area contributed by atoms with Gasteiger partial charge in [0.15, 0.2) is 11.6 Å². The lowest BCUT2D eigenvalue weighted by Gasteiger charge is -2.39. The van der Waals surface area contributed by atoms with E-state index in [4.69, 9.17) is 4.74 Å². The molecule has 0 bridgehead atoms. The second kappa shape index (κ2) is 9.55. The van der Waals surface area contributed by atoms with Crippen molar-refractivity contribution in [2.75, 3.05) is 13.1 Å². The summed E-state index contributed by atoms with van der Waals surface area (Å²) in [7, 11) is 0. The van der Waals surface area contributed by atoms with Gasteiger partial charge >= 0.3 is 0 Å². The van der Waals surface area contributed by atoms with Gasteiger partial charge in [0, 0.05) is 32.0 Å². The van der Waals surface area contributed by atoms with Crippen molar-refractivity contribution in [2.45, 2.75) is 43.9 Å². The summed E-state index contributed by atoms with van der Waals surface area (Å²) >= 11 is 0. The minimum absolute atomic E-state index is 0.0250. The molecular weight excluding hydrogens is 434 g/mol. The number of hydrogen-bond acceptors (Lipinski definition) is 3. The largest absolute Gasteiger partial charge is 0.489 e. The van der Waals surface area contributed by atoms with Crippen LogP contribution >= 0.6 is 0 Å². The Balaban J connectivity index is 1.33. The van der Waals surface area contributed by atoms with Crippen LogP contribution in [-0.4, -0.2) is 29.4 Å². The minimum atomic E-state index is -0.854. The van der Waals surface area contributed by atoms with Crippen molar-refractivity contribution in [1.82, 2.24) is 10.2 Å². The maximum atomic E-state index is 14.1. The van der Waals surface area contributed by atoms with Crippen LogP contribution in [0.3, 0.4) is 0 Å². The molecule has 2 aliphatic heterocycles. The van der Waals surface area contributed by atoms with Gasteiger partial charge in [-0.1, -0.05) is 48.5 Å². The summed E-state index contributed by atoms with van der Waals surface area (Å²) in [4.78, 5) is 14.6. The number of amides is 1. The third-order valence-corrected chi connectivity index (χ3v) is 6.93. The van der Waals surface area contributed by atoms with Crippen LogP contribution in [-0.2, 0) is 17.9 Å². The average Bonchev–Trinajstić information content (AvgIpc) is 3.16. The first-order chi connectivity index (χ1) is 16.5. The van der Waals surface area contributed by atoms with Gasteiger partial charge < -0.3 is 10.1 Å². The number of ether oxygens (including phenoxy) is 1. The number of carbonyl (C=O) groups is 1. The highest BCUT2D eigenvalue weighted by Crippen LogP contribution is 2.42. The molecule has 0 saturated carbocycles. The molecule has 3 aromatic rings. The molecule has 0 radical (unpaired) electrons. The van der Waals surface area contributed by atoms with Gasteiger partial charge in [0.05, 0.1) is 5.54 Å². The molecule has 0 aromatic heterocycles. The summed E-state index contributed by atoms with van der Waals surface area (Å²) in [5.41, 5.74) is 2.47. The Bertz CT molecular complexity index is 1170. The number of hydrogen-bond donors (Lipinski definition) is 1. The van der Waals surface area contributed by atoms with Gasteiger partial charge in [0.2, 0.25) is 5.91 Å². The van der Waals surface area contributed by atoms with E-state index in [1.165, 1.54) is 12.1 Å². The average molecular weight is 463 g/mol. The number of piperidine rings is 1. The normalized spacial score (nSPS) is 22.6. The predicted octanol–water partition coefficient (Wildman–Crippen LogP) is 5.18. The van der Waals surface area contributed by atoms with Gasteiger partial charge in [-0.2, -0.15) is 0 Å². The van der Waals surface area contributed by atoms with Crippen molar-refractivity contribution in [3.05, 3.63) is 101 Å². The van der Waals surface area contributed by atoms with E-state index < -0.39 is 17.2 Å². The van der Waals surface area contributed by atoms with Gasteiger partial charge in [0.1, 0.15) is 12.4 Å². The van der Waals surface area contributed by atoms with Gasteiger partial charge in [-0.25, -0.2) is 8.78 Å². The third kappa shape index (κ3) is 4.82. The summed E-state index contributed by atoms with van der Waals surface area (Å²) < 4.78 is 33.6. The number of nitrogens with one attached hydrogen (secondary N) is 1. The lowest BCUT2D eigenvalue weighted by atomic mass is 9.76. The van der Waals surface area contributed by atoms with Gasteiger partial charge in [-0.15, -0.1) is 0 Å². The zero-order valence-corrected chi connectivity index (χ0v) is 19.0. The van der Waals surface area contributed by atoms with Crippen LogP contribution in [0.15, 0.2) is 72.8 Å². The Morgan fingerprint density at radius 1 is 0.971 bits per heavy atom. The molecule has 5 rings (SSSR count). The molecule has 2 heterocycles. The summed E-state index contributed by atoms with van der Waals surface area (Å²) in [6, 6.07) is 22.2. The fraction of sp³-hybridized carbons (Fsp3) is 0.321. The standard InChI is InChI=1S/C28H28F2N2O2/c29-25-12-11-22(15-26(25)30)24-17-32(19-28(24)13-5-10-27(33)31-28)16-21-8-4-9-23(14-21)34-18-20-6-2-1-3-7-20/h1-4,6-9,11-12,14-15,24H,5,10,13,16-19H2,(H,31,33)/t24-,28+/m0/s1. The van der Waals surface area contributed by atoms with Crippen molar-refractivity contribution in [3.8, 4) is 5.75 Å². The highest BCUT2D eigenvalue weighted by Gasteiger charge is 2.49. The van der Waals surface area contributed by atoms with Crippen LogP contribution in [0.25, 0.3) is 0 Å². The van der Waals surface area contributed by atoms with E-state index in [2.05, 4.69) is 16.3 Å². The molecule has 2 aliphatic rings. The summed E-state index contributed by atoms with van der Waals surface area (Å²) in [6.45, 7) is 2.50. The van der Waals surface area contributed by atoms with Crippen LogP contribution < -0.4 is 10.1 Å². The Morgan fingerprint density at radius 3 is 2.59 bits per heavy atom. The molecule has 1 spiro atoms. The first-order valence-corrected chi connectivity index (χ1v) is 11.7. The number of benzene rings is 3. The van der Waals surface area contributed by atoms with Crippen LogP contribution in [0.4, 0.5) is 8.78 Å². The highest BCUT2D eigenvalue weighted by molar-refractivity contribution is 5.78. The van der Waals surface area contributed by atoms with E-state index in [1.807, 2.05) is 48.5 Å². The molecule has 6 heteroatoms. The molecule has 2 atom stereocenters. The first-order valence-electron chi connectivity index (χ1n) is 11.7. The maximum Gasteiger partial charge on any atom is 0.220 e. The Morgan fingerprint density at radius 2 is 1.79 bits per heavy atom. The Hall–Kier alpha value is -3.25. The van der Waals surface area contributed by atoms with E-state index in [0.29, 0.717) is 32.7 Å². The molecule has 0 aliphatic carbocycles. The number of carbonyl (C=O) groups excluding carboxylic acids is 1. The first kappa shape index (κ1) is 22.5. The van der Waals surface area contributed by atoms with Gasteiger partial charge in [-0.05, 0) is 53.8 Å². The summed E-state index contributed by atoms with van der Waals surface area (Å²) in [6.07, 6.45) is 2.12. The van der Waals surface area contributed by atoms with Crippen molar-refractivity contribution in [3.63, 3.8) is 0 Å². The van der Waals surface area contributed by atoms with Crippen LogP contribution in [0, 0.1) is 11.6 Å². The fourth-order valence-electron chi connectivity index (χ4n) is 5.36. The molecule has 2 fully saturated rings. The van der Waals surface area contributed by atoms with Crippen LogP contribution in [0.1, 0.15) is 41.9 Å². The van der Waals surface area contributed by atoms with Crippen molar-refractivity contribution < 1.29 is 18.3 Å². The van der Waals surface area contributed by atoms with Crippen LogP contribution in [0.2, 0.25) is 0 Å². The summed E-state index contributed by atoms with van der Waals surface area (Å²) in [5.74, 6) is -0.983. The Kier molecular flexibility index (Phi) is 6.33. The smallest absolute Gasteiger partial charge is 0.220 e. The number of likely N-dealkylation sites (tertiary alicyclic amines) is 1. The number of nitrogens with zero attached hydrogens (tertiary/aromatic N) is 1. The van der Waals surface area contributed by atoms with E-state index in [0.717, 1.165) is 35.3 Å². The van der Waals surface area contributed by atoms with Gasteiger partial charge in [0.25, 0.3) is 0 Å². The number of halogens is 2. The van der Waals surface area contributed by atoms with Crippen LogP contribution in [0.5, 0.6) is 5.75 Å². The monoisotopic (exact) mass is 462 g/mol. The zero-order chi connectivity index (χ0) is 23.5. The lowest BCUT2D eigenvalue weighted by molar-refractivity contribution is -0.125. The zero-order valence-electron chi connectivity index (χ0n) is 19.0. The molecule has 0 unspecified atom stereocenters. The topological polar surface area (TPSA) is 41.6 Å². The third-order valence-electron chi connectivity index (χ3n) is 6.93. The lowest BCUT2D eigenvalue weighted by Crippen LogP contribution is -2.56. The molecule has 176 valence electrons. The molecule has 1 amide bonds. The number of rotatable bonds is 6. The Labute approximate surface area is 198 Å². The van der Waals surface area contributed by atoms with E-state index in [9.17, 15) is 13.6 Å². The molecule has 1 N–H and O–H groups in total. The van der Waals surface area contributed by atoms with Crippen molar-refractivity contribution in [2.24, 2.45) is 0 Å². The van der Waals surface area contributed by atoms with Gasteiger partial charge in [-0.3, -0.25) is 9.69 Å². The predicted molar refractivity (Wildman–Crippen MR) is 126 cm³/mol. The van der Waals surface area contributed by atoms with Crippen molar-refractivity contribution in [1.29, 1.82) is 0 Å². The molecule has 4 nitrogen and oxygen atoms in total. The maximum absolute atomic E-state index is 14.1. The molecular formula is C28H28F2N2O2. The summed E-state index contributed by atoms with van der Waals surface area (Å²) in [5, 5.41) is 3.22. The van der Waals surface area contributed by atoms with Crippen molar-refractivity contribution >= 4 is 5.91 Å². The second-order valence-corrected chi connectivity index (χ2v) is 9.38. The second-order valence-electron chi connectivity index (χ2n) is 9.38. The molecule has 3 aromatic carbocycles. The van der Waals surface area contributed by atoms with E-state index in [-0.39, 0.29) is 11.8 Å². The minimum Gasteiger partial charge on any atom is -0.489 e. The molecule has 2 saturated heterocycles. The SMILES string of the molecule is O=C1CCC[C@]2(CN(Cc3cccc(OCc4ccccc4)c3)C[C@H]2c2ccc(F)c(F)c2)N1. The van der Waals surface area contributed by atoms with E-state index in [1.54, 1.807) is 6.07 Å². The quantitative estimate of drug-likeness (QED) is 0.549. The highest BCUT2D eigenvalue weighted by atomic mass is 19.2.